The average Bonchev–Trinajstić information content (AvgIpc) is 3.01. The van der Waals surface area contributed by atoms with E-state index in [0.717, 1.165) is 5.56 Å². The molecule has 0 spiro atoms. The molecule has 0 amide bonds. The fraction of sp³-hybridized carbons (Fsp3) is 0.474. The van der Waals surface area contributed by atoms with Gasteiger partial charge in [-0.2, -0.15) is 5.10 Å². The van der Waals surface area contributed by atoms with Crippen molar-refractivity contribution >= 4 is 21.7 Å². The van der Waals surface area contributed by atoms with Gasteiger partial charge >= 0.3 is 5.97 Å². The smallest absolute Gasteiger partial charge is 0.313 e. The molecular weight excluding hydrogens is 382 g/mol. The highest BCUT2D eigenvalue weighted by Crippen LogP contribution is 2.31. The van der Waals surface area contributed by atoms with Crippen molar-refractivity contribution in [1.29, 1.82) is 0 Å². The molecule has 0 unspecified atom stereocenters. The number of carbonyl (C=O) groups is 1. The monoisotopic (exact) mass is 409 g/mol. The number of aryl methyl sites for hydroxylation is 1. The Morgan fingerprint density at radius 2 is 1.86 bits per heavy atom. The van der Waals surface area contributed by atoms with Crippen LogP contribution in [0.15, 0.2) is 23.4 Å². The number of hydrogen-bond donors (Lipinski definition) is 1. The summed E-state index contributed by atoms with van der Waals surface area (Å²) in [5.41, 5.74) is 1.62. The summed E-state index contributed by atoms with van der Waals surface area (Å²) in [5.74, 6) is 0.271. The van der Waals surface area contributed by atoms with Crippen LogP contribution in [0.25, 0.3) is 0 Å². The van der Waals surface area contributed by atoms with Gasteiger partial charge in [0.05, 0.1) is 35.5 Å². The van der Waals surface area contributed by atoms with Gasteiger partial charge in [0.2, 0.25) is 0 Å². The molecule has 9 heteroatoms. The van der Waals surface area contributed by atoms with E-state index in [2.05, 4.69) is 9.82 Å². The number of hydrogen-bond acceptors (Lipinski definition) is 6. The molecule has 0 aliphatic rings. The number of esters is 1. The summed E-state index contributed by atoms with van der Waals surface area (Å²) >= 11 is 0. The van der Waals surface area contributed by atoms with Gasteiger partial charge in [-0.15, -0.1) is 0 Å². The highest BCUT2D eigenvalue weighted by molar-refractivity contribution is 7.92. The molecule has 28 heavy (non-hydrogen) atoms. The fourth-order valence-electron chi connectivity index (χ4n) is 2.68. The highest BCUT2D eigenvalue weighted by Gasteiger charge is 2.24. The van der Waals surface area contributed by atoms with Crippen LogP contribution in [-0.4, -0.2) is 31.3 Å². The molecule has 0 aliphatic carbocycles. The molecule has 0 saturated heterocycles. The van der Waals surface area contributed by atoms with Crippen molar-refractivity contribution < 1.29 is 22.7 Å². The predicted octanol–water partition coefficient (Wildman–Crippen LogP) is 3.16. The van der Waals surface area contributed by atoms with Gasteiger partial charge < -0.3 is 9.47 Å². The van der Waals surface area contributed by atoms with Crippen LogP contribution in [0.2, 0.25) is 0 Å². The third-order valence-electron chi connectivity index (χ3n) is 4.29. The second-order valence-electron chi connectivity index (χ2n) is 7.66. The van der Waals surface area contributed by atoms with Crippen LogP contribution in [0.4, 0.5) is 5.69 Å². The third kappa shape index (κ3) is 4.64. The van der Waals surface area contributed by atoms with E-state index in [-0.39, 0.29) is 23.3 Å². The van der Waals surface area contributed by atoms with Crippen molar-refractivity contribution in [3.05, 3.63) is 35.2 Å². The third-order valence-corrected chi connectivity index (χ3v) is 5.96. The number of nitrogens with zero attached hydrogens (tertiary/aromatic N) is 2. The van der Waals surface area contributed by atoms with E-state index in [1.165, 1.54) is 17.1 Å². The van der Waals surface area contributed by atoms with Gasteiger partial charge in [0.1, 0.15) is 5.75 Å². The first-order chi connectivity index (χ1) is 12.9. The maximum atomic E-state index is 12.9. The van der Waals surface area contributed by atoms with Crippen molar-refractivity contribution in [2.45, 2.75) is 53.2 Å². The number of aromatic nitrogens is 2. The summed E-state index contributed by atoms with van der Waals surface area (Å²) < 4.78 is 40.2. The molecule has 2 aromatic rings. The normalized spacial score (nSPS) is 12.0. The van der Waals surface area contributed by atoms with Crippen LogP contribution in [0.3, 0.4) is 0 Å². The maximum absolute atomic E-state index is 12.9. The second kappa shape index (κ2) is 7.83. The first-order valence-electron chi connectivity index (χ1n) is 8.74. The van der Waals surface area contributed by atoms with E-state index in [4.69, 9.17) is 9.47 Å². The Bertz CT molecular complexity index is 988. The molecule has 1 heterocycles. The standard InChI is InChI=1S/C19H27N3O5S/c1-12-8-16(26-7)13(2)14(3)17(12)28(24,25)21-15-9-20-22(10-15)11-27-18(23)19(4,5)6/h8-10,21H,11H2,1-7H3. The molecular formula is C19H27N3O5S. The second-order valence-corrected chi connectivity index (χ2v) is 9.28. The minimum absolute atomic E-state index is 0.0997. The first-order valence-corrected chi connectivity index (χ1v) is 10.2. The van der Waals surface area contributed by atoms with Crippen molar-refractivity contribution in [2.75, 3.05) is 11.8 Å². The number of carbonyl (C=O) groups excluding carboxylic acids is 1. The van der Waals surface area contributed by atoms with Crippen molar-refractivity contribution in [2.24, 2.45) is 5.41 Å². The minimum Gasteiger partial charge on any atom is -0.496 e. The van der Waals surface area contributed by atoms with Crippen LogP contribution in [0, 0.1) is 26.2 Å². The van der Waals surface area contributed by atoms with Crippen molar-refractivity contribution in [1.82, 2.24) is 9.78 Å². The number of ether oxygens (including phenoxy) is 2. The van der Waals surface area contributed by atoms with Gasteiger partial charge in [0.15, 0.2) is 6.73 Å². The van der Waals surface area contributed by atoms with Gasteiger partial charge in [0, 0.05) is 0 Å². The summed E-state index contributed by atoms with van der Waals surface area (Å²) in [6.45, 7) is 10.4. The zero-order chi connectivity index (χ0) is 21.3. The first kappa shape index (κ1) is 21.7. The SMILES string of the molecule is COc1cc(C)c(S(=O)(=O)Nc2cnn(COC(=O)C(C)(C)C)c2)c(C)c1C. The molecule has 0 atom stereocenters. The minimum atomic E-state index is -3.83. The quantitative estimate of drug-likeness (QED) is 0.736. The van der Waals surface area contributed by atoms with Gasteiger partial charge in [-0.05, 0) is 64.3 Å². The Balaban J connectivity index is 2.22. The zero-order valence-electron chi connectivity index (χ0n) is 17.3. The van der Waals surface area contributed by atoms with Crippen LogP contribution in [-0.2, 0) is 26.3 Å². The fourth-order valence-corrected chi connectivity index (χ4v) is 4.24. The van der Waals surface area contributed by atoms with Gasteiger partial charge in [-0.3, -0.25) is 9.52 Å². The molecule has 2 rings (SSSR count). The number of nitrogens with one attached hydrogen (secondary N) is 1. The van der Waals surface area contributed by atoms with E-state index in [0.29, 0.717) is 16.9 Å². The lowest BCUT2D eigenvalue weighted by atomic mass is 9.98. The zero-order valence-corrected chi connectivity index (χ0v) is 18.1. The molecule has 0 saturated carbocycles. The Morgan fingerprint density at radius 1 is 1.21 bits per heavy atom. The highest BCUT2D eigenvalue weighted by atomic mass is 32.2. The molecule has 0 bridgehead atoms. The summed E-state index contributed by atoms with van der Waals surface area (Å²) in [4.78, 5) is 12.0. The number of sulfonamides is 1. The molecule has 8 nitrogen and oxygen atoms in total. The molecule has 154 valence electrons. The Morgan fingerprint density at radius 3 is 2.43 bits per heavy atom. The van der Waals surface area contributed by atoms with E-state index >= 15 is 0 Å². The molecule has 1 aromatic heterocycles. The van der Waals surface area contributed by atoms with E-state index in [1.54, 1.807) is 47.8 Å². The Labute approximate surface area is 165 Å². The number of methoxy groups -OCH3 is 1. The molecule has 0 radical (unpaired) electrons. The number of rotatable bonds is 6. The van der Waals surface area contributed by atoms with Gasteiger partial charge in [-0.25, -0.2) is 13.1 Å². The lowest BCUT2D eigenvalue weighted by molar-refractivity contribution is -0.157. The van der Waals surface area contributed by atoms with Gasteiger partial charge in [-0.1, -0.05) is 0 Å². The van der Waals surface area contributed by atoms with Crippen LogP contribution >= 0.6 is 0 Å². The molecule has 1 N–H and O–H groups in total. The molecule has 0 fully saturated rings. The summed E-state index contributed by atoms with van der Waals surface area (Å²) in [7, 11) is -2.28. The lowest BCUT2D eigenvalue weighted by Crippen LogP contribution is -2.24. The van der Waals surface area contributed by atoms with Crippen LogP contribution < -0.4 is 9.46 Å². The maximum Gasteiger partial charge on any atom is 0.313 e. The van der Waals surface area contributed by atoms with Crippen LogP contribution in [0.1, 0.15) is 37.5 Å². The molecule has 0 aliphatic heterocycles. The number of benzene rings is 1. The van der Waals surface area contributed by atoms with Crippen molar-refractivity contribution in [3.63, 3.8) is 0 Å². The largest absolute Gasteiger partial charge is 0.496 e. The summed E-state index contributed by atoms with van der Waals surface area (Å²) in [5, 5.41) is 4.03. The lowest BCUT2D eigenvalue weighted by Gasteiger charge is -2.17. The van der Waals surface area contributed by atoms with Crippen LogP contribution in [0.5, 0.6) is 5.75 Å². The Kier molecular flexibility index (Phi) is 6.08. The topological polar surface area (TPSA) is 99.5 Å². The average molecular weight is 410 g/mol. The summed E-state index contributed by atoms with van der Waals surface area (Å²) in [6, 6.07) is 1.70. The molecule has 1 aromatic carbocycles. The Hall–Kier alpha value is -2.55. The summed E-state index contributed by atoms with van der Waals surface area (Å²) in [6.07, 6.45) is 2.83. The van der Waals surface area contributed by atoms with Gasteiger partial charge in [0.25, 0.3) is 10.0 Å². The van der Waals surface area contributed by atoms with E-state index < -0.39 is 15.4 Å². The predicted molar refractivity (Wildman–Crippen MR) is 106 cm³/mol. The van der Waals surface area contributed by atoms with Crippen molar-refractivity contribution in [3.8, 4) is 5.75 Å². The van der Waals surface area contributed by atoms with E-state index in [1.807, 2.05) is 6.92 Å². The number of anilines is 1. The van der Waals surface area contributed by atoms with E-state index in [9.17, 15) is 13.2 Å².